The summed E-state index contributed by atoms with van der Waals surface area (Å²) >= 11 is -2.49. The van der Waals surface area contributed by atoms with E-state index in [2.05, 4.69) is 0 Å². The number of benzene rings is 2. The zero-order chi connectivity index (χ0) is 16.1. The molecule has 1 atom stereocenters. The lowest BCUT2D eigenvalue weighted by atomic mass is 9.99. The van der Waals surface area contributed by atoms with Crippen LogP contribution in [0.25, 0.3) is 12.2 Å². The maximum absolute atomic E-state index is 14.2. The van der Waals surface area contributed by atoms with Crippen molar-refractivity contribution in [3.63, 3.8) is 0 Å². The van der Waals surface area contributed by atoms with Gasteiger partial charge in [-0.3, -0.25) is 4.55 Å². The van der Waals surface area contributed by atoms with E-state index in [9.17, 15) is 8.60 Å². The molecule has 116 valence electrons. The van der Waals surface area contributed by atoms with Gasteiger partial charge in [-0.15, -0.1) is 0 Å². The summed E-state index contributed by atoms with van der Waals surface area (Å²) in [5.74, 6) is -0.528. The van der Waals surface area contributed by atoms with Crippen molar-refractivity contribution in [1.82, 2.24) is 0 Å². The quantitative estimate of drug-likeness (QED) is 0.645. The van der Waals surface area contributed by atoms with Gasteiger partial charge in [0.15, 0.2) is 0 Å². The topological polar surface area (TPSA) is 46.5 Å². The first-order valence-corrected chi connectivity index (χ1v) is 7.86. The van der Waals surface area contributed by atoms with Crippen molar-refractivity contribution in [2.75, 3.05) is 0 Å². The lowest BCUT2D eigenvalue weighted by molar-refractivity contribution is 0.450. The number of halogens is 1. The smallest absolute Gasteiger partial charge is 0.357 e. The molecule has 0 saturated heterocycles. The molecular formula is C17H17FO3S. The number of rotatable bonds is 5. The molecule has 0 spiro atoms. The molecule has 0 bridgehead atoms. The molecule has 0 aliphatic carbocycles. The van der Waals surface area contributed by atoms with Crippen molar-refractivity contribution in [3.05, 3.63) is 65.0 Å². The van der Waals surface area contributed by atoms with Crippen LogP contribution in [0.15, 0.2) is 42.5 Å². The predicted molar refractivity (Wildman–Crippen MR) is 87.3 cm³/mol. The molecule has 2 rings (SSSR count). The van der Waals surface area contributed by atoms with Crippen molar-refractivity contribution in [1.29, 1.82) is 0 Å². The Morgan fingerprint density at radius 1 is 1.14 bits per heavy atom. The van der Waals surface area contributed by atoms with Crippen LogP contribution in [0.2, 0.25) is 0 Å². The zero-order valence-corrected chi connectivity index (χ0v) is 13.1. The zero-order valence-electron chi connectivity index (χ0n) is 12.3. The highest BCUT2D eigenvalue weighted by Gasteiger charge is 2.16. The fraction of sp³-hybridized carbons (Fsp3) is 0.176. The van der Waals surface area contributed by atoms with Gasteiger partial charge in [-0.2, -0.15) is 4.21 Å². The average molecular weight is 320 g/mol. The monoisotopic (exact) mass is 320 g/mol. The van der Waals surface area contributed by atoms with Crippen LogP contribution in [0.1, 0.15) is 36.5 Å². The summed E-state index contributed by atoms with van der Waals surface area (Å²) in [6.07, 6.45) is 3.57. The van der Waals surface area contributed by atoms with Crippen LogP contribution in [-0.4, -0.2) is 8.76 Å². The summed E-state index contributed by atoms with van der Waals surface area (Å²) < 4.78 is 38.9. The van der Waals surface area contributed by atoms with Crippen molar-refractivity contribution < 1.29 is 17.3 Å². The number of hydrogen-bond donors (Lipinski definition) is 1. The molecule has 0 saturated carbocycles. The van der Waals surface area contributed by atoms with E-state index in [1.165, 1.54) is 6.07 Å². The molecule has 1 unspecified atom stereocenters. The highest BCUT2D eigenvalue weighted by molar-refractivity contribution is 7.74. The Morgan fingerprint density at radius 3 is 2.36 bits per heavy atom. The first-order valence-electron chi connectivity index (χ1n) is 6.83. The lowest BCUT2D eigenvalue weighted by Crippen LogP contribution is -2.04. The van der Waals surface area contributed by atoms with E-state index in [1.807, 2.05) is 36.4 Å². The Bertz CT molecular complexity index is 697. The fourth-order valence-electron chi connectivity index (χ4n) is 2.17. The van der Waals surface area contributed by atoms with Crippen molar-refractivity contribution in [2.45, 2.75) is 19.8 Å². The fourth-order valence-corrected chi connectivity index (χ4v) is 2.46. The van der Waals surface area contributed by atoms with E-state index < -0.39 is 17.2 Å². The van der Waals surface area contributed by atoms with Crippen LogP contribution >= 0.6 is 0 Å². The highest BCUT2D eigenvalue weighted by Crippen LogP contribution is 2.31. The minimum atomic E-state index is -2.49. The third-order valence-electron chi connectivity index (χ3n) is 3.12. The summed E-state index contributed by atoms with van der Waals surface area (Å²) in [5, 5.41) is 0. The lowest BCUT2D eigenvalue weighted by Gasteiger charge is -2.13. The summed E-state index contributed by atoms with van der Waals surface area (Å²) in [5.41, 5.74) is 1.83. The largest absolute Gasteiger partial charge is 0.380 e. The average Bonchev–Trinajstić information content (AvgIpc) is 2.44. The second-order valence-corrected chi connectivity index (χ2v) is 5.71. The van der Waals surface area contributed by atoms with Gasteiger partial charge in [-0.1, -0.05) is 56.3 Å². The Morgan fingerprint density at radius 2 is 1.77 bits per heavy atom. The van der Waals surface area contributed by atoms with Gasteiger partial charge >= 0.3 is 11.4 Å². The van der Waals surface area contributed by atoms with Gasteiger partial charge in [0.2, 0.25) is 0 Å². The van der Waals surface area contributed by atoms with Crippen LogP contribution in [0.3, 0.4) is 0 Å². The first-order chi connectivity index (χ1) is 10.5. The molecule has 0 fully saturated rings. The molecule has 1 N–H and O–H groups in total. The molecule has 22 heavy (non-hydrogen) atoms. The molecule has 0 amide bonds. The van der Waals surface area contributed by atoms with E-state index in [1.54, 1.807) is 26.0 Å². The van der Waals surface area contributed by atoms with Crippen LogP contribution in [0, 0.1) is 5.82 Å². The number of hydrogen-bond acceptors (Lipinski definition) is 2. The third-order valence-corrected chi connectivity index (χ3v) is 3.44. The van der Waals surface area contributed by atoms with E-state index in [4.69, 9.17) is 8.74 Å². The van der Waals surface area contributed by atoms with E-state index >= 15 is 0 Å². The van der Waals surface area contributed by atoms with Crippen molar-refractivity contribution >= 4 is 23.5 Å². The minimum Gasteiger partial charge on any atom is -0.380 e. The molecule has 0 radical (unpaired) electrons. The molecule has 2 aromatic rings. The van der Waals surface area contributed by atoms with Gasteiger partial charge in [-0.05, 0) is 29.2 Å². The van der Waals surface area contributed by atoms with Gasteiger partial charge < -0.3 is 4.18 Å². The first kappa shape index (κ1) is 16.4. The summed E-state index contributed by atoms with van der Waals surface area (Å²) in [6.45, 7) is 3.59. The molecule has 0 heterocycles. The third kappa shape index (κ3) is 4.26. The standard InChI is InChI=1S/C17H17FO3S/c1-12(2)17-15(18)10-14(11-16(17)21-22(19)20)9-8-13-6-4-3-5-7-13/h3-12H,1-2H3,(H,19,20)/b9-8+. The van der Waals surface area contributed by atoms with Gasteiger partial charge in [0, 0.05) is 5.56 Å². The van der Waals surface area contributed by atoms with Gasteiger partial charge in [0.25, 0.3) is 0 Å². The summed E-state index contributed by atoms with van der Waals surface area (Å²) in [6, 6.07) is 12.5. The van der Waals surface area contributed by atoms with E-state index in [0.717, 1.165) is 5.56 Å². The summed E-state index contributed by atoms with van der Waals surface area (Å²) in [4.78, 5) is 0. The van der Waals surface area contributed by atoms with Crippen LogP contribution in [0.4, 0.5) is 4.39 Å². The van der Waals surface area contributed by atoms with E-state index in [0.29, 0.717) is 11.1 Å². The molecule has 2 aromatic carbocycles. The Labute approximate surface area is 131 Å². The molecule has 0 aliphatic heterocycles. The predicted octanol–water partition coefficient (Wildman–Crippen LogP) is 4.64. The molecule has 5 heteroatoms. The Kier molecular flexibility index (Phi) is 5.46. The van der Waals surface area contributed by atoms with Crippen molar-refractivity contribution in [3.8, 4) is 5.75 Å². The van der Waals surface area contributed by atoms with Gasteiger partial charge in [-0.25, -0.2) is 4.39 Å². The second kappa shape index (κ2) is 7.33. The van der Waals surface area contributed by atoms with Crippen LogP contribution < -0.4 is 4.18 Å². The van der Waals surface area contributed by atoms with Crippen molar-refractivity contribution in [2.24, 2.45) is 0 Å². The molecule has 0 aromatic heterocycles. The Hall–Kier alpha value is -1.98. The normalized spacial score (nSPS) is 12.8. The second-order valence-electron chi connectivity index (χ2n) is 5.11. The van der Waals surface area contributed by atoms with E-state index in [-0.39, 0.29) is 11.7 Å². The highest BCUT2D eigenvalue weighted by atomic mass is 32.2. The van der Waals surface area contributed by atoms with Gasteiger partial charge in [0.1, 0.15) is 11.6 Å². The minimum absolute atomic E-state index is 0.0866. The molecule has 3 nitrogen and oxygen atoms in total. The molecular weight excluding hydrogens is 303 g/mol. The summed E-state index contributed by atoms with van der Waals surface area (Å²) in [7, 11) is 0. The van der Waals surface area contributed by atoms with Crippen LogP contribution in [0.5, 0.6) is 5.75 Å². The van der Waals surface area contributed by atoms with Gasteiger partial charge in [0.05, 0.1) is 0 Å². The Balaban J connectivity index is 2.39. The SMILES string of the molecule is CC(C)c1c(F)cc(/C=C/c2ccccc2)cc1OS(=O)O. The van der Waals surface area contributed by atoms with Crippen LogP contribution in [-0.2, 0) is 11.4 Å². The molecule has 0 aliphatic rings. The maximum atomic E-state index is 14.2. The maximum Gasteiger partial charge on any atom is 0.357 e.